The largest absolute Gasteiger partial charge is 0.565 e. The molecule has 0 spiro atoms. The topological polar surface area (TPSA) is 55.4 Å². The van der Waals surface area contributed by atoms with Gasteiger partial charge in [0, 0.05) is 7.11 Å². The molecule has 4 unspecified atom stereocenters. The minimum Gasteiger partial charge on any atom is -0.565 e. The second-order valence-corrected chi connectivity index (χ2v) is 11.1. The Morgan fingerprint density at radius 2 is 1.83 bits per heavy atom. The molecule has 14 heteroatoms. The van der Waals surface area contributed by atoms with Gasteiger partial charge in [-0.2, -0.15) is 0 Å². The minimum atomic E-state index is -0.767. The normalized spacial score (nSPS) is 21.7. The molecule has 6 nitrogen and oxygen atoms in total. The Morgan fingerprint density at radius 1 is 1.14 bits per heavy atom. The molecule has 0 saturated heterocycles. The lowest BCUT2D eigenvalue weighted by Crippen LogP contribution is -2.49. The van der Waals surface area contributed by atoms with E-state index in [9.17, 15) is 0 Å². The molecule has 0 saturated carbocycles. The summed E-state index contributed by atoms with van der Waals surface area (Å²) in [7, 11) is 15.0. The third kappa shape index (κ3) is 8.61. The fourth-order valence-electron chi connectivity index (χ4n) is 2.76. The van der Waals surface area contributed by atoms with Gasteiger partial charge in [0.25, 0.3) is 0 Å². The third-order valence-corrected chi connectivity index (χ3v) is 4.51. The zero-order valence-electron chi connectivity index (χ0n) is 16.4. The smallest absolute Gasteiger partial charge is 0.449 e. The number of methoxy groups -OCH3 is 1. The number of rotatable bonds is 11. The van der Waals surface area contributed by atoms with E-state index in [1.807, 2.05) is 37.2 Å². The van der Waals surface area contributed by atoms with Gasteiger partial charge in [0.05, 0.1) is 21.0 Å². The molecule has 1 aromatic carbocycles. The first kappa shape index (κ1) is 25.9. The molecule has 0 bridgehead atoms. The molecule has 1 aromatic rings. The number of benzene rings is 1. The molecule has 0 aromatic heterocycles. The van der Waals surface area contributed by atoms with Crippen LogP contribution in [0.5, 0.6) is 0 Å². The molecule has 6 atom stereocenters. The first-order chi connectivity index (χ1) is 13.8. The van der Waals surface area contributed by atoms with Gasteiger partial charge in [-0.15, -0.1) is 27.4 Å². The summed E-state index contributed by atoms with van der Waals surface area (Å²) in [5.74, 6) is 0.840. The van der Waals surface area contributed by atoms with E-state index >= 15 is 0 Å². The minimum absolute atomic E-state index is 0.161. The predicted molar refractivity (Wildman–Crippen MR) is 138 cm³/mol. The van der Waals surface area contributed by atoms with Crippen LogP contribution in [0.1, 0.15) is 5.56 Å². The van der Waals surface area contributed by atoms with E-state index in [-0.39, 0.29) is 17.7 Å². The summed E-state index contributed by atoms with van der Waals surface area (Å²) in [6, 6.07) is 9.92. The van der Waals surface area contributed by atoms with Crippen molar-refractivity contribution in [3.05, 3.63) is 47.4 Å². The maximum Gasteiger partial charge on any atom is 0.449 e. The highest BCUT2D eigenvalue weighted by molar-refractivity contribution is 14.1. The summed E-state index contributed by atoms with van der Waals surface area (Å²) in [6.07, 6.45) is -1.82. The Balaban J connectivity index is 2.25. The van der Waals surface area contributed by atoms with Gasteiger partial charge < -0.3 is 28.2 Å². The molecule has 0 N–H and O–H groups in total. The molecular weight excluding hydrogens is 539 g/mol. The Bertz CT molecular complexity index is 658. The second-order valence-electron chi connectivity index (χ2n) is 6.28. The van der Waals surface area contributed by atoms with Crippen molar-refractivity contribution in [2.24, 2.45) is 0 Å². The van der Waals surface area contributed by atoms with Crippen molar-refractivity contribution in [2.75, 3.05) is 13.7 Å². The van der Waals surface area contributed by atoms with E-state index in [0.717, 1.165) is 5.56 Å². The van der Waals surface area contributed by atoms with Crippen molar-refractivity contribution in [1.82, 2.24) is 0 Å². The quantitative estimate of drug-likeness (QED) is 0.235. The zero-order valence-corrected chi connectivity index (χ0v) is 22.0. The molecule has 2 rings (SSSR count). The van der Waals surface area contributed by atoms with Crippen molar-refractivity contribution in [3.63, 3.8) is 0 Å². The molecule has 0 amide bonds. The van der Waals surface area contributed by atoms with Gasteiger partial charge in [-0.05, 0) is 5.56 Å². The van der Waals surface area contributed by atoms with Gasteiger partial charge in [-0.3, -0.25) is 0 Å². The molecular formula is C15H24B4IO6P3. The zero-order chi connectivity index (χ0) is 21.4. The van der Waals surface area contributed by atoms with Gasteiger partial charge >= 0.3 is 17.7 Å². The van der Waals surface area contributed by atoms with E-state index in [1.165, 1.54) is 0 Å². The van der Waals surface area contributed by atoms with E-state index < -0.39 is 25.0 Å². The van der Waals surface area contributed by atoms with Crippen LogP contribution in [0, 0.1) is 0 Å². The number of ether oxygens (including phenoxy) is 3. The maximum absolute atomic E-state index is 6.11. The van der Waals surface area contributed by atoms with Crippen LogP contribution in [0.25, 0.3) is 0 Å². The monoisotopic (exact) mass is 564 g/mol. The molecule has 1 aliphatic rings. The SMILES string of the molecule is [B]B(P)OC1=C(OB(P)I)[C@H](OC)OC(COCc2ccccc2)[C@@H]1OB(C)P. The number of halogens is 1. The lowest BCUT2D eigenvalue weighted by atomic mass is 9.69. The van der Waals surface area contributed by atoms with Crippen LogP contribution in [0.3, 0.4) is 0 Å². The van der Waals surface area contributed by atoms with E-state index in [2.05, 4.69) is 49.7 Å². The van der Waals surface area contributed by atoms with Gasteiger partial charge in [-0.1, -0.05) is 59.5 Å². The molecule has 154 valence electrons. The molecule has 0 aliphatic carbocycles. The molecule has 1 heterocycles. The van der Waals surface area contributed by atoms with Crippen LogP contribution < -0.4 is 0 Å². The Kier molecular flexibility index (Phi) is 11.9. The lowest BCUT2D eigenvalue weighted by Gasteiger charge is -2.40. The molecule has 0 fully saturated rings. The molecule has 2 radical (unpaired) electrons. The van der Waals surface area contributed by atoms with Crippen molar-refractivity contribution >= 4 is 75.1 Å². The van der Waals surface area contributed by atoms with Crippen LogP contribution in [-0.2, 0) is 34.8 Å². The average Bonchev–Trinajstić information content (AvgIpc) is 2.65. The summed E-state index contributed by atoms with van der Waals surface area (Å²) in [5.41, 5.74) is 1.07. The van der Waals surface area contributed by atoms with Gasteiger partial charge in [-0.25, -0.2) is 0 Å². The van der Waals surface area contributed by atoms with Crippen molar-refractivity contribution < 1.29 is 28.2 Å². The number of hydrogen-bond donors (Lipinski definition) is 0. The van der Waals surface area contributed by atoms with Crippen LogP contribution in [0.4, 0.5) is 0 Å². The summed E-state index contributed by atoms with van der Waals surface area (Å²) < 4.78 is 35.2. The molecule has 1 aliphatic heterocycles. The summed E-state index contributed by atoms with van der Waals surface area (Å²) in [6.45, 7) is 1.83. The first-order valence-corrected chi connectivity index (χ1v) is 12.3. The summed E-state index contributed by atoms with van der Waals surface area (Å²) in [4.78, 5) is 0. The highest BCUT2D eigenvalue weighted by atomic mass is 127. The standard InChI is InChI=1S/C15H24B4IO6P3/c1-17(27)24-12-11(9-22-8-10-6-4-3-5-7-10)23-15(21-2)14(26-19(20)29)13(12)25-18(16)28/h3-7,11-12,15H,8-9,27-29H2,1-2H3/t11?,12-,15+/m0/s1. The van der Waals surface area contributed by atoms with Gasteiger partial charge in [0.2, 0.25) is 6.29 Å². The Hall–Kier alpha value is 0.680. The lowest BCUT2D eigenvalue weighted by molar-refractivity contribution is -0.198. The van der Waals surface area contributed by atoms with Crippen LogP contribution in [0.2, 0.25) is 6.82 Å². The Morgan fingerprint density at radius 3 is 2.38 bits per heavy atom. The number of hydrogen-bond acceptors (Lipinski definition) is 6. The molecule has 29 heavy (non-hydrogen) atoms. The predicted octanol–water partition coefficient (Wildman–Crippen LogP) is 2.52. The van der Waals surface area contributed by atoms with Crippen LogP contribution >= 0.6 is 49.7 Å². The van der Waals surface area contributed by atoms with E-state index in [4.69, 9.17) is 35.9 Å². The van der Waals surface area contributed by atoms with Gasteiger partial charge in [0.1, 0.15) is 18.0 Å². The highest BCUT2D eigenvalue weighted by Gasteiger charge is 2.43. The summed E-state index contributed by atoms with van der Waals surface area (Å²) >= 11 is 2.12. The second kappa shape index (κ2) is 13.3. The van der Waals surface area contributed by atoms with Crippen molar-refractivity contribution in [1.29, 1.82) is 0 Å². The summed E-state index contributed by atoms with van der Waals surface area (Å²) in [5, 5.41) is 0. The van der Waals surface area contributed by atoms with Crippen molar-refractivity contribution in [2.45, 2.75) is 31.9 Å². The van der Waals surface area contributed by atoms with Gasteiger partial charge in [0.15, 0.2) is 5.76 Å². The van der Waals surface area contributed by atoms with Crippen LogP contribution in [0.15, 0.2) is 41.9 Å². The average molecular weight is 563 g/mol. The highest BCUT2D eigenvalue weighted by Crippen LogP contribution is 2.34. The Labute approximate surface area is 195 Å². The van der Waals surface area contributed by atoms with Crippen molar-refractivity contribution in [3.8, 4) is 0 Å². The first-order valence-electron chi connectivity index (χ1n) is 9.01. The van der Waals surface area contributed by atoms with E-state index in [0.29, 0.717) is 18.1 Å². The van der Waals surface area contributed by atoms with Crippen LogP contribution in [-0.4, -0.2) is 57.6 Å². The maximum atomic E-state index is 6.11. The fraction of sp³-hybridized carbons (Fsp3) is 0.467. The third-order valence-electron chi connectivity index (χ3n) is 3.82. The van der Waals surface area contributed by atoms with E-state index in [1.54, 1.807) is 7.11 Å². The fourth-order valence-corrected chi connectivity index (χ4v) is 3.50.